The summed E-state index contributed by atoms with van der Waals surface area (Å²) in [4.78, 5) is 2.66. The van der Waals surface area contributed by atoms with Gasteiger partial charge < -0.3 is 10.2 Å². The van der Waals surface area contributed by atoms with Crippen molar-refractivity contribution < 1.29 is 0 Å². The minimum absolute atomic E-state index is 0.655. The molecule has 0 amide bonds. The van der Waals surface area contributed by atoms with Gasteiger partial charge in [0, 0.05) is 19.1 Å². The van der Waals surface area contributed by atoms with Gasteiger partial charge in [-0.1, -0.05) is 27.7 Å². The third-order valence-corrected chi connectivity index (χ3v) is 3.86. The summed E-state index contributed by atoms with van der Waals surface area (Å²) in [7, 11) is 0. The molecule has 0 radical (unpaired) electrons. The van der Waals surface area contributed by atoms with Gasteiger partial charge in [0.2, 0.25) is 0 Å². The highest BCUT2D eigenvalue weighted by atomic mass is 15.2. The third-order valence-electron chi connectivity index (χ3n) is 3.86. The Hall–Kier alpha value is -0.0800. The van der Waals surface area contributed by atoms with E-state index in [1.165, 1.54) is 32.6 Å². The molecule has 96 valence electrons. The van der Waals surface area contributed by atoms with Crippen LogP contribution in [0.5, 0.6) is 0 Å². The Kier molecular flexibility index (Phi) is 5.77. The van der Waals surface area contributed by atoms with E-state index in [1.54, 1.807) is 0 Å². The predicted octanol–water partition coefficient (Wildman–Crippen LogP) is 2.60. The molecule has 1 unspecified atom stereocenters. The Labute approximate surface area is 102 Å². The summed E-state index contributed by atoms with van der Waals surface area (Å²) in [6.07, 6.45) is 1.30. The maximum atomic E-state index is 3.56. The molecule has 1 heterocycles. The number of nitrogens with one attached hydrogen (secondary N) is 1. The van der Waals surface area contributed by atoms with Crippen LogP contribution in [-0.4, -0.2) is 37.1 Å². The van der Waals surface area contributed by atoms with Crippen LogP contribution in [0.15, 0.2) is 0 Å². The summed E-state index contributed by atoms with van der Waals surface area (Å²) in [5.74, 6) is 2.43. The van der Waals surface area contributed by atoms with Crippen molar-refractivity contribution in [2.45, 2.75) is 47.1 Å². The third kappa shape index (κ3) is 4.42. The smallest absolute Gasteiger partial charge is 0.0166 e. The van der Waals surface area contributed by atoms with E-state index in [0.29, 0.717) is 6.04 Å². The molecule has 1 N–H and O–H groups in total. The first kappa shape index (κ1) is 14.0. The molecular formula is C14H30N2. The topological polar surface area (TPSA) is 15.3 Å². The van der Waals surface area contributed by atoms with Gasteiger partial charge in [-0.25, -0.2) is 0 Å². The molecule has 0 aromatic carbocycles. The molecule has 1 atom stereocenters. The molecule has 0 saturated carbocycles. The Bertz CT molecular complexity index is 181. The van der Waals surface area contributed by atoms with Crippen molar-refractivity contribution in [2.24, 2.45) is 17.8 Å². The monoisotopic (exact) mass is 226 g/mol. The van der Waals surface area contributed by atoms with Crippen molar-refractivity contribution in [3.8, 4) is 0 Å². The van der Waals surface area contributed by atoms with Gasteiger partial charge in [-0.05, 0) is 44.2 Å². The normalized spacial score (nSPS) is 24.4. The van der Waals surface area contributed by atoms with Gasteiger partial charge in [0.25, 0.3) is 0 Å². The summed E-state index contributed by atoms with van der Waals surface area (Å²) in [6, 6.07) is 0.655. The lowest BCUT2D eigenvalue weighted by atomic mass is 9.85. The summed E-state index contributed by atoms with van der Waals surface area (Å²) >= 11 is 0. The van der Waals surface area contributed by atoms with E-state index < -0.39 is 0 Å². The van der Waals surface area contributed by atoms with Crippen LogP contribution in [0.25, 0.3) is 0 Å². The molecule has 16 heavy (non-hydrogen) atoms. The van der Waals surface area contributed by atoms with Crippen molar-refractivity contribution in [1.29, 1.82) is 0 Å². The zero-order valence-electron chi connectivity index (χ0n) is 11.8. The van der Waals surface area contributed by atoms with E-state index in [9.17, 15) is 0 Å². The van der Waals surface area contributed by atoms with Gasteiger partial charge in [0.1, 0.15) is 0 Å². The highest BCUT2D eigenvalue weighted by Gasteiger charge is 2.22. The van der Waals surface area contributed by atoms with Gasteiger partial charge in [-0.3, -0.25) is 0 Å². The van der Waals surface area contributed by atoms with Gasteiger partial charge in [-0.2, -0.15) is 0 Å². The molecule has 0 spiro atoms. The second kappa shape index (κ2) is 6.61. The van der Waals surface area contributed by atoms with Gasteiger partial charge in [0.05, 0.1) is 0 Å². The first-order chi connectivity index (χ1) is 7.50. The number of rotatable bonds is 4. The lowest BCUT2D eigenvalue weighted by Crippen LogP contribution is -2.39. The Balaban J connectivity index is 2.49. The summed E-state index contributed by atoms with van der Waals surface area (Å²) in [5.41, 5.74) is 0. The molecular weight excluding hydrogens is 196 g/mol. The van der Waals surface area contributed by atoms with Crippen LogP contribution >= 0.6 is 0 Å². The van der Waals surface area contributed by atoms with Crippen molar-refractivity contribution in [2.75, 3.05) is 26.2 Å². The van der Waals surface area contributed by atoms with Crippen molar-refractivity contribution in [3.05, 3.63) is 0 Å². The maximum Gasteiger partial charge on any atom is 0.0166 e. The molecule has 0 aromatic heterocycles. The van der Waals surface area contributed by atoms with Crippen LogP contribution in [0.3, 0.4) is 0 Å². The molecule has 0 bridgehead atoms. The predicted molar refractivity (Wildman–Crippen MR) is 71.7 cm³/mol. The minimum Gasteiger partial charge on any atom is -0.313 e. The largest absolute Gasteiger partial charge is 0.313 e. The van der Waals surface area contributed by atoms with E-state index in [2.05, 4.69) is 44.8 Å². The molecule has 1 fully saturated rings. The van der Waals surface area contributed by atoms with Crippen molar-refractivity contribution in [1.82, 2.24) is 10.2 Å². The number of hydrogen-bond donors (Lipinski definition) is 1. The maximum absolute atomic E-state index is 3.56. The Morgan fingerprint density at radius 1 is 1.19 bits per heavy atom. The first-order valence-electron chi connectivity index (χ1n) is 6.96. The van der Waals surface area contributed by atoms with Crippen molar-refractivity contribution in [3.63, 3.8) is 0 Å². The Morgan fingerprint density at radius 2 is 1.81 bits per heavy atom. The van der Waals surface area contributed by atoms with Gasteiger partial charge in [0.15, 0.2) is 0 Å². The van der Waals surface area contributed by atoms with Crippen LogP contribution in [-0.2, 0) is 0 Å². The quantitative estimate of drug-likeness (QED) is 0.792. The highest BCUT2D eigenvalue weighted by Crippen LogP contribution is 2.22. The lowest BCUT2D eigenvalue weighted by Gasteiger charge is -2.32. The number of nitrogens with zero attached hydrogens (tertiary/aromatic N) is 1. The zero-order valence-corrected chi connectivity index (χ0v) is 11.8. The minimum atomic E-state index is 0.655. The van der Waals surface area contributed by atoms with Crippen molar-refractivity contribution >= 4 is 0 Å². The zero-order chi connectivity index (χ0) is 12.1. The van der Waals surface area contributed by atoms with Crippen LogP contribution in [0.4, 0.5) is 0 Å². The standard InChI is InChI=1S/C14H30N2/c1-11(2)14(12(3)4)10-16-8-6-7-15-13(5)9-16/h11-15H,6-10H2,1-5H3. The van der Waals surface area contributed by atoms with Gasteiger partial charge in [-0.15, -0.1) is 0 Å². The van der Waals surface area contributed by atoms with Crippen LogP contribution in [0, 0.1) is 17.8 Å². The van der Waals surface area contributed by atoms with Crippen LogP contribution in [0.1, 0.15) is 41.0 Å². The molecule has 1 rings (SSSR count). The fraction of sp³-hybridized carbons (Fsp3) is 1.00. The second-order valence-electron chi connectivity index (χ2n) is 6.12. The lowest BCUT2D eigenvalue weighted by molar-refractivity contribution is 0.165. The van der Waals surface area contributed by atoms with E-state index in [1.807, 2.05) is 0 Å². The SMILES string of the molecule is CC1CN(CC(C(C)C)C(C)C)CCCN1. The number of hydrogen-bond acceptors (Lipinski definition) is 2. The first-order valence-corrected chi connectivity index (χ1v) is 6.96. The fourth-order valence-corrected chi connectivity index (χ4v) is 2.85. The Morgan fingerprint density at radius 3 is 2.38 bits per heavy atom. The summed E-state index contributed by atoms with van der Waals surface area (Å²) in [6.45, 7) is 16.7. The highest BCUT2D eigenvalue weighted by molar-refractivity contribution is 4.77. The summed E-state index contributed by atoms with van der Waals surface area (Å²) in [5, 5.41) is 3.56. The van der Waals surface area contributed by atoms with E-state index >= 15 is 0 Å². The molecule has 1 saturated heterocycles. The molecule has 2 nitrogen and oxygen atoms in total. The fourth-order valence-electron chi connectivity index (χ4n) is 2.85. The summed E-state index contributed by atoms with van der Waals surface area (Å²) < 4.78 is 0. The van der Waals surface area contributed by atoms with E-state index in [0.717, 1.165) is 17.8 Å². The molecule has 0 aromatic rings. The second-order valence-corrected chi connectivity index (χ2v) is 6.12. The molecule has 1 aliphatic heterocycles. The molecule has 1 aliphatic rings. The molecule has 2 heteroatoms. The van der Waals surface area contributed by atoms with E-state index in [4.69, 9.17) is 0 Å². The van der Waals surface area contributed by atoms with Gasteiger partial charge >= 0.3 is 0 Å². The van der Waals surface area contributed by atoms with Crippen LogP contribution in [0.2, 0.25) is 0 Å². The van der Waals surface area contributed by atoms with Crippen LogP contribution < -0.4 is 5.32 Å². The molecule has 0 aliphatic carbocycles. The average molecular weight is 226 g/mol. The van der Waals surface area contributed by atoms with E-state index in [-0.39, 0.29) is 0 Å². The average Bonchev–Trinajstić information content (AvgIpc) is 2.38.